The number of carbonyl (C=O) groups is 2. The van der Waals surface area contributed by atoms with Gasteiger partial charge in [0.15, 0.2) is 28.5 Å². The fourth-order valence-electron chi connectivity index (χ4n) is 2.10. The summed E-state index contributed by atoms with van der Waals surface area (Å²) in [6.07, 6.45) is 2.93. The van der Waals surface area contributed by atoms with Gasteiger partial charge in [-0.25, -0.2) is 15.0 Å². The molecule has 0 aliphatic heterocycles. The number of imidazole rings is 1. The number of H-pyrrole nitrogens is 1. The predicted molar refractivity (Wildman–Crippen MR) is 81.4 cm³/mol. The minimum Gasteiger partial charge on any atom is -0.338 e. The third kappa shape index (κ3) is 2.56. The van der Waals surface area contributed by atoms with Gasteiger partial charge in [-0.05, 0) is 32.0 Å². The second-order valence-electron chi connectivity index (χ2n) is 4.86. The summed E-state index contributed by atoms with van der Waals surface area (Å²) in [5, 5.41) is 3.09. The van der Waals surface area contributed by atoms with E-state index in [2.05, 4.69) is 25.3 Å². The van der Waals surface area contributed by atoms with Crippen LogP contribution in [-0.4, -0.2) is 31.5 Å². The van der Waals surface area contributed by atoms with Crippen LogP contribution in [0.1, 0.15) is 34.6 Å². The summed E-state index contributed by atoms with van der Waals surface area (Å²) in [5.74, 6) is 0.277. The molecule has 0 atom stereocenters. The normalized spacial score (nSPS) is 10.6. The number of nitrogens with zero attached hydrogens (tertiary/aromatic N) is 3. The Kier molecular flexibility index (Phi) is 3.38. The van der Waals surface area contributed by atoms with E-state index >= 15 is 0 Å². The maximum Gasteiger partial charge on any atom is 0.162 e. The molecular formula is C15H13N5O2. The van der Waals surface area contributed by atoms with Crippen molar-refractivity contribution in [2.24, 2.45) is 0 Å². The zero-order chi connectivity index (χ0) is 15.7. The Morgan fingerprint density at radius 3 is 2.32 bits per heavy atom. The summed E-state index contributed by atoms with van der Waals surface area (Å²) in [6, 6.07) is 4.94. The molecule has 0 bridgehead atoms. The average Bonchev–Trinajstić information content (AvgIpc) is 2.96. The number of aromatic amines is 1. The number of aromatic nitrogens is 4. The molecule has 0 spiro atoms. The van der Waals surface area contributed by atoms with Gasteiger partial charge in [-0.2, -0.15) is 0 Å². The van der Waals surface area contributed by atoms with Gasteiger partial charge in [-0.15, -0.1) is 0 Å². The first-order chi connectivity index (χ1) is 10.5. The monoisotopic (exact) mass is 295 g/mol. The topological polar surface area (TPSA) is 101 Å². The van der Waals surface area contributed by atoms with Crippen molar-refractivity contribution in [3.63, 3.8) is 0 Å². The number of ketones is 2. The third-order valence-electron chi connectivity index (χ3n) is 3.23. The van der Waals surface area contributed by atoms with Crippen LogP contribution in [0.25, 0.3) is 11.2 Å². The average molecular weight is 295 g/mol. The zero-order valence-corrected chi connectivity index (χ0v) is 12.0. The lowest BCUT2D eigenvalue weighted by Crippen LogP contribution is -2.02. The van der Waals surface area contributed by atoms with Gasteiger partial charge < -0.3 is 10.3 Å². The van der Waals surface area contributed by atoms with Gasteiger partial charge in [0.2, 0.25) is 0 Å². The number of nitrogens with one attached hydrogen (secondary N) is 2. The van der Waals surface area contributed by atoms with Crippen LogP contribution < -0.4 is 5.32 Å². The fourth-order valence-corrected chi connectivity index (χ4v) is 2.10. The van der Waals surface area contributed by atoms with Gasteiger partial charge in [0, 0.05) is 16.8 Å². The number of benzene rings is 1. The van der Waals surface area contributed by atoms with E-state index in [-0.39, 0.29) is 11.6 Å². The van der Waals surface area contributed by atoms with Crippen LogP contribution >= 0.6 is 0 Å². The number of anilines is 2. The summed E-state index contributed by atoms with van der Waals surface area (Å²) in [7, 11) is 0. The first-order valence-corrected chi connectivity index (χ1v) is 6.62. The van der Waals surface area contributed by atoms with Crippen LogP contribution in [-0.2, 0) is 0 Å². The molecule has 7 nitrogen and oxygen atoms in total. The van der Waals surface area contributed by atoms with E-state index in [0.717, 1.165) is 0 Å². The summed E-state index contributed by atoms with van der Waals surface area (Å²) < 4.78 is 0. The Hall–Kier alpha value is -3.09. The highest BCUT2D eigenvalue weighted by Crippen LogP contribution is 2.23. The van der Waals surface area contributed by atoms with E-state index in [1.165, 1.54) is 26.5 Å². The second-order valence-corrected chi connectivity index (χ2v) is 4.86. The number of carbonyl (C=O) groups excluding carboxylic acids is 2. The van der Waals surface area contributed by atoms with E-state index < -0.39 is 0 Å². The molecule has 22 heavy (non-hydrogen) atoms. The van der Waals surface area contributed by atoms with Crippen LogP contribution in [0.15, 0.2) is 30.9 Å². The lowest BCUT2D eigenvalue weighted by Gasteiger charge is -2.09. The van der Waals surface area contributed by atoms with Gasteiger partial charge in [0.25, 0.3) is 0 Å². The van der Waals surface area contributed by atoms with Crippen molar-refractivity contribution < 1.29 is 9.59 Å². The van der Waals surface area contributed by atoms with Gasteiger partial charge in [0.05, 0.1) is 6.33 Å². The quantitative estimate of drug-likeness (QED) is 0.717. The predicted octanol–water partition coefficient (Wildman–Crippen LogP) is 2.50. The first kappa shape index (κ1) is 13.9. The molecule has 1 aromatic carbocycles. The van der Waals surface area contributed by atoms with Crippen molar-refractivity contribution in [1.29, 1.82) is 0 Å². The molecule has 2 aromatic heterocycles. The molecule has 0 amide bonds. The molecule has 2 N–H and O–H groups in total. The van der Waals surface area contributed by atoms with Crippen molar-refractivity contribution in [3.05, 3.63) is 42.0 Å². The lowest BCUT2D eigenvalue weighted by molar-refractivity contribution is 0.101. The molecule has 0 aliphatic rings. The Labute approximate surface area is 125 Å². The number of hydrogen-bond donors (Lipinski definition) is 2. The van der Waals surface area contributed by atoms with Crippen LogP contribution in [0, 0.1) is 0 Å². The van der Waals surface area contributed by atoms with Gasteiger partial charge in [-0.1, -0.05) is 0 Å². The maximum absolute atomic E-state index is 11.6. The molecule has 3 rings (SSSR count). The molecule has 110 valence electrons. The standard InChI is InChI=1S/C15H13N5O2/c1-8(21)10-3-11(9(2)22)5-12(4-10)20-15-13-14(17-6-16-13)18-7-19-15/h3-7H,1-2H3,(H2,16,17,18,19,20). The van der Waals surface area contributed by atoms with Crippen molar-refractivity contribution in [2.45, 2.75) is 13.8 Å². The first-order valence-electron chi connectivity index (χ1n) is 6.62. The van der Waals surface area contributed by atoms with Gasteiger partial charge >= 0.3 is 0 Å². The summed E-state index contributed by atoms with van der Waals surface area (Å²) in [6.45, 7) is 2.92. The van der Waals surface area contributed by atoms with E-state index in [1.54, 1.807) is 18.2 Å². The zero-order valence-electron chi connectivity index (χ0n) is 12.0. The summed E-state index contributed by atoms with van der Waals surface area (Å²) in [4.78, 5) is 38.5. The van der Waals surface area contributed by atoms with Gasteiger partial charge in [-0.3, -0.25) is 9.59 Å². The number of hydrogen-bond acceptors (Lipinski definition) is 6. The van der Waals surface area contributed by atoms with Crippen molar-refractivity contribution in [1.82, 2.24) is 19.9 Å². The van der Waals surface area contributed by atoms with E-state index in [4.69, 9.17) is 0 Å². The smallest absolute Gasteiger partial charge is 0.162 e. The highest BCUT2D eigenvalue weighted by molar-refractivity contribution is 6.01. The maximum atomic E-state index is 11.6. The molecule has 0 radical (unpaired) electrons. The lowest BCUT2D eigenvalue weighted by atomic mass is 10.0. The molecular weight excluding hydrogens is 282 g/mol. The number of Topliss-reactive ketones (excluding diaryl/α,β-unsaturated/α-hetero) is 2. The van der Waals surface area contributed by atoms with Crippen LogP contribution in [0.3, 0.4) is 0 Å². The highest BCUT2D eigenvalue weighted by atomic mass is 16.1. The minimum atomic E-state index is -0.112. The van der Waals surface area contributed by atoms with Gasteiger partial charge in [0.1, 0.15) is 6.33 Å². The Morgan fingerprint density at radius 1 is 1.00 bits per heavy atom. The largest absolute Gasteiger partial charge is 0.338 e. The summed E-state index contributed by atoms with van der Waals surface area (Å²) >= 11 is 0. The van der Waals surface area contributed by atoms with Crippen LogP contribution in [0.4, 0.5) is 11.5 Å². The molecule has 0 unspecified atom stereocenters. The second kappa shape index (κ2) is 5.36. The van der Waals surface area contributed by atoms with Crippen molar-refractivity contribution in [3.8, 4) is 0 Å². The SMILES string of the molecule is CC(=O)c1cc(Nc2ncnc3[nH]cnc23)cc(C(C)=O)c1. The van der Waals surface area contributed by atoms with E-state index in [0.29, 0.717) is 33.8 Å². The van der Waals surface area contributed by atoms with E-state index in [1.807, 2.05) is 0 Å². The molecule has 2 heterocycles. The fraction of sp³-hybridized carbons (Fsp3) is 0.133. The molecule has 7 heteroatoms. The molecule has 0 saturated carbocycles. The number of rotatable bonds is 4. The van der Waals surface area contributed by atoms with Crippen molar-refractivity contribution in [2.75, 3.05) is 5.32 Å². The molecule has 0 saturated heterocycles. The Morgan fingerprint density at radius 2 is 1.68 bits per heavy atom. The van der Waals surface area contributed by atoms with Crippen LogP contribution in [0.2, 0.25) is 0 Å². The van der Waals surface area contributed by atoms with Crippen LogP contribution in [0.5, 0.6) is 0 Å². The van der Waals surface area contributed by atoms with Crippen molar-refractivity contribution >= 4 is 34.2 Å². The third-order valence-corrected chi connectivity index (χ3v) is 3.23. The molecule has 0 aliphatic carbocycles. The molecule has 0 fully saturated rings. The Bertz CT molecular complexity index is 852. The van der Waals surface area contributed by atoms with E-state index in [9.17, 15) is 9.59 Å². The Balaban J connectivity index is 2.06. The molecule has 3 aromatic rings. The minimum absolute atomic E-state index is 0.112. The number of fused-ring (bicyclic) bond motifs is 1. The summed E-state index contributed by atoms with van der Waals surface area (Å²) in [5.41, 5.74) is 2.71. The highest BCUT2D eigenvalue weighted by Gasteiger charge is 2.11.